The number of nitrogens with zero attached hydrogens (tertiary/aromatic N) is 2. The lowest BCUT2D eigenvalue weighted by Crippen LogP contribution is -2.39. The molecule has 42 heavy (non-hydrogen) atoms. The number of benzene rings is 3. The molecule has 0 spiro atoms. The Morgan fingerprint density at radius 1 is 1.00 bits per heavy atom. The van der Waals surface area contributed by atoms with E-state index in [2.05, 4.69) is 4.99 Å². The number of rotatable bonds is 9. The Balaban J connectivity index is 1.58. The zero-order valence-corrected chi connectivity index (χ0v) is 25.0. The third-order valence-electron chi connectivity index (χ3n) is 7.03. The molecule has 1 aliphatic rings. The van der Waals surface area contributed by atoms with Gasteiger partial charge >= 0.3 is 5.97 Å². The van der Waals surface area contributed by atoms with Crippen LogP contribution in [0.1, 0.15) is 42.1 Å². The number of ether oxygens (including phenoxy) is 4. The second-order valence-corrected chi connectivity index (χ2v) is 10.7. The predicted molar refractivity (Wildman–Crippen MR) is 162 cm³/mol. The highest BCUT2D eigenvalue weighted by Gasteiger charge is 2.33. The van der Waals surface area contributed by atoms with E-state index in [4.69, 9.17) is 18.9 Å². The van der Waals surface area contributed by atoms with Gasteiger partial charge in [-0.1, -0.05) is 47.7 Å². The first-order valence-corrected chi connectivity index (χ1v) is 14.3. The Kier molecular flexibility index (Phi) is 8.59. The second kappa shape index (κ2) is 12.5. The summed E-state index contributed by atoms with van der Waals surface area (Å²) in [6.45, 7) is 6.03. The number of methoxy groups -OCH3 is 2. The quantitative estimate of drug-likeness (QED) is 0.265. The molecule has 0 fully saturated rings. The standard InChI is InChI=1S/C33H32N2O6S/c1-6-40-32(37)29-21(3)34-33-35(30(29)23-12-14-25(38-4)15-13-23)31(36)28(42-33)18-22-11-16-27(39-5)24(17-22)19-41-26-10-8-7-9-20(26)2/h7-18,30H,6,19H2,1-5H3/b28-18-. The maximum absolute atomic E-state index is 13.9. The van der Waals surface area contributed by atoms with Crippen LogP contribution in [0.5, 0.6) is 17.2 Å². The van der Waals surface area contributed by atoms with Gasteiger partial charge < -0.3 is 18.9 Å². The number of esters is 1. The minimum absolute atomic E-state index is 0.211. The number of aromatic nitrogens is 1. The summed E-state index contributed by atoms with van der Waals surface area (Å²) in [5, 5.41) is 0. The van der Waals surface area contributed by atoms with Crippen molar-refractivity contribution in [3.8, 4) is 17.2 Å². The van der Waals surface area contributed by atoms with Crippen LogP contribution >= 0.6 is 11.3 Å². The molecule has 0 bridgehead atoms. The van der Waals surface area contributed by atoms with Crippen molar-refractivity contribution >= 4 is 23.4 Å². The van der Waals surface area contributed by atoms with Gasteiger partial charge in [0.25, 0.3) is 5.56 Å². The van der Waals surface area contributed by atoms with Gasteiger partial charge in [-0.05, 0) is 73.9 Å². The number of hydrogen-bond acceptors (Lipinski definition) is 8. The van der Waals surface area contributed by atoms with Gasteiger partial charge in [0.1, 0.15) is 23.9 Å². The Labute approximate surface area is 247 Å². The van der Waals surface area contributed by atoms with Crippen molar-refractivity contribution in [2.45, 2.75) is 33.4 Å². The summed E-state index contributed by atoms with van der Waals surface area (Å²) >= 11 is 1.28. The van der Waals surface area contributed by atoms with E-state index < -0.39 is 12.0 Å². The van der Waals surface area contributed by atoms with Crippen molar-refractivity contribution in [2.75, 3.05) is 20.8 Å². The summed E-state index contributed by atoms with van der Waals surface area (Å²) in [5.41, 5.74) is 4.05. The van der Waals surface area contributed by atoms with Crippen LogP contribution < -0.4 is 29.1 Å². The lowest BCUT2D eigenvalue weighted by atomic mass is 9.96. The van der Waals surface area contributed by atoms with E-state index in [1.54, 1.807) is 44.8 Å². The average molecular weight is 585 g/mol. The van der Waals surface area contributed by atoms with Crippen LogP contribution in [0.15, 0.2) is 87.8 Å². The first-order chi connectivity index (χ1) is 20.3. The fourth-order valence-corrected chi connectivity index (χ4v) is 5.97. The lowest BCUT2D eigenvalue weighted by molar-refractivity contribution is -0.139. The van der Waals surface area contributed by atoms with Crippen molar-refractivity contribution in [1.82, 2.24) is 4.57 Å². The summed E-state index contributed by atoms with van der Waals surface area (Å²) in [6.07, 6.45) is 1.83. The van der Waals surface area contributed by atoms with Crippen LogP contribution in [0.3, 0.4) is 0 Å². The number of thiazole rings is 1. The topological polar surface area (TPSA) is 88.4 Å². The molecule has 0 saturated carbocycles. The van der Waals surface area contributed by atoms with Gasteiger partial charge in [-0.15, -0.1) is 0 Å². The smallest absolute Gasteiger partial charge is 0.338 e. The van der Waals surface area contributed by atoms with Crippen molar-refractivity contribution in [2.24, 2.45) is 4.99 Å². The van der Waals surface area contributed by atoms with Gasteiger partial charge in [0, 0.05) is 5.56 Å². The summed E-state index contributed by atoms with van der Waals surface area (Å²) < 4.78 is 24.4. The predicted octanol–water partition coefficient (Wildman–Crippen LogP) is 4.70. The van der Waals surface area contributed by atoms with Crippen molar-refractivity contribution in [3.63, 3.8) is 0 Å². The van der Waals surface area contributed by atoms with E-state index in [-0.39, 0.29) is 12.2 Å². The van der Waals surface area contributed by atoms with Crippen LogP contribution in [-0.2, 0) is 16.1 Å². The summed E-state index contributed by atoms with van der Waals surface area (Å²) in [6, 6.07) is 20.2. The first-order valence-electron chi connectivity index (χ1n) is 13.5. The molecule has 8 nitrogen and oxygen atoms in total. The van der Waals surface area contributed by atoms with E-state index in [1.807, 2.05) is 67.6 Å². The fraction of sp³-hybridized carbons (Fsp3) is 0.242. The van der Waals surface area contributed by atoms with Gasteiger partial charge in [0.15, 0.2) is 4.80 Å². The molecule has 0 aliphatic carbocycles. The summed E-state index contributed by atoms with van der Waals surface area (Å²) in [7, 11) is 3.21. The number of aryl methyl sites for hydroxylation is 1. The SMILES string of the molecule is CCOC(=O)C1=C(C)N=c2s/c(=C\c3ccc(OC)c(COc4ccccc4C)c3)c(=O)n2C1c1ccc(OC)cc1. The largest absolute Gasteiger partial charge is 0.497 e. The maximum atomic E-state index is 13.9. The highest BCUT2D eigenvalue weighted by Crippen LogP contribution is 2.31. The molecule has 5 rings (SSSR count). The van der Waals surface area contributed by atoms with E-state index in [0.717, 1.165) is 28.0 Å². The number of hydrogen-bond donors (Lipinski definition) is 0. The molecule has 9 heteroatoms. The average Bonchev–Trinajstić information content (AvgIpc) is 3.30. The Bertz CT molecular complexity index is 1840. The molecule has 1 atom stereocenters. The molecule has 2 heterocycles. The molecular weight excluding hydrogens is 552 g/mol. The van der Waals surface area contributed by atoms with E-state index >= 15 is 0 Å². The zero-order valence-electron chi connectivity index (χ0n) is 24.2. The van der Waals surface area contributed by atoms with Crippen molar-refractivity contribution in [3.05, 3.63) is 120 Å². The molecular formula is C33H32N2O6S. The molecule has 0 saturated heterocycles. The molecule has 0 amide bonds. The Hall–Kier alpha value is -4.63. The molecule has 0 radical (unpaired) electrons. The first kappa shape index (κ1) is 28.9. The van der Waals surface area contributed by atoms with E-state index in [9.17, 15) is 9.59 Å². The second-order valence-electron chi connectivity index (χ2n) is 9.70. The summed E-state index contributed by atoms with van der Waals surface area (Å²) in [4.78, 5) is 32.2. The van der Waals surface area contributed by atoms with Gasteiger partial charge in [-0.2, -0.15) is 0 Å². The molecule has 1 unspecified atom stereocenters. The van der Waals surface area contributed by atoms with Gasteiger partial charge in [0.2, 0.25) is 0 Å². The Morgan fingerprint density at radius 2 is 1.76 bits per heavy atom. The third kappa shape index (κ3) is 5.73. The molecule has 1 aromatic heterocycles. The number of carbonyl (C=O) groups is 1. The lowest BCUT2D eigenvalue weighted by Gasteiger charge is -2.24. The van der Waals surface area contributed by atoms with Crippen molar-refractivity contribution < 1.29 is 23.7 Å². The van der Waals surface area contributed by atoms with E-state index in [0.29, 0.717) is 38.7 Å². The van der Waals surface area contributed by atoms with Crippen LogP contribution in [-0.4, -0.2) is 31.4 Å². The normalized spacial score (nSPS) is 14.7. The van der Waals surface area contributed by atoms with Crippen molar-refractivity contribution in [1.29, 1.82) is 0 Å². The molecule has 1 aliphatic heterocycles. The van der Waals surface area contributed by atoms with E-state index in [1.165, 1.54) is 11.3 Å². The van der Waals surface area contributed by atoms with Crippen LogP contribution in [0, 0.1) is 6.92 Å². The van der Waals surface area contributed by atoms with Crippen LogP contribution in [0.4, 0.5) is 0 Å². The number of allylic oxidation sites excluding steroid dienone is 1. The molecule has 216 valence electrons. The zero-order chi connectivity index (χ0) is 29.8. The van der Waals surface area contributed by atoms with Crippen LogP contribution in [0.25, 0.3) is 6.08 Å². The van der Waals surface area contributed by atoms with Gasteiger partial charge in [-0.3, -0.25) is 9.36 Å². The molecule has 3 aromatic carbocycles. The number of para-hydroxylation sites is 1. The molecule has 4 aromatic rings. The maximum Gasteiger partial charge on any atom is 0.338 e. The van der Waals surface area contributed by atoms with Gasteiger partial charge in [-0.25, -0.2) is 9.79 Å². The molecule has 0 N–H and O–H groups in total. The number of carbonyl (C=O) groups excluding carboxylic acids is 1. The summed E-state index contributed by atoms with van der Waals surface area (Å²) in [5.74, 6) is 1.66. The van der Waals surface area contributed by atoms with Crippen LogP contribution in [0.2, 0.25) is 0 Å². The Morgan fingerprint density at radius 3 is 2.45 bits per heavy atom. The minimum atomic E-state index is -0.692. The van der Waals surface area contributed by atoms with Gasteiger partial charge in [0.05, 0.1) is 42.7 Å². The fourth-order valence-electron chi connectivity index (χ4n) is 4.92. The minimum Gasteiger partial charge on any atom is -0.497 e. The third-order valence-corrected chi connectivity index (χ3v) is 8.01. The highest BCUT2D eigenvalue weighted by molar-refractivity contribution is 7.07. The highest BCUT2D eigenvalue weighted by atomic mass is 32.1. The monoisotopic (exact) mass is 584 g/mol. The number of fused-ring (bicyclic) bond motifs is 1.